The number of pyridine rings is 1. The zero-order valence-corrected chi connectivity index (χ0v) is 9.33. The third kappa shape index (κ3) is 1.71. The summed E-state index contributed by atoms with van der Waals surface area (Å²) in [5.41, 5.74) is 2.46. The minimum absolute atomic E-state index is 0.149. The van der Waals surface area contributed by atoms with Crippen molar-refractivity contribution in [3.63, 3.8) is 0 Å². The van der Waals surface area contributed by atoms with E-state index in [9.17, 15) is 10.1 Å². The molecular weight excluding hydrogens is 230 g/mol. The number of rotatable bonds is 2. The van der Waals surface area contributed by atoms with Gasteiger partial charge in [0.2, 0.25) is 0 Å². The Morgan fingerprint density at radius 2 is 1.89 bits per heavy atom. The number of H-pyrrole nitrogens is 1. The quantitative estimate of drug-likeness (QED) is 0.551. The van der Waals surface area contributed by atoms with Gasteiger partial charge in [0.1, 0.15) is 0 Å². The number of aromatic amines is 1. The zero-order chi connectivity index (χ0) is 12.5. The minimum Gasteiger partial charge on any atom is -0.358 e. The Hall–Kier alpha value is -2.69. The molecule has 0 saturated carbocycles. The molecule has 5 nitrogen and oxygen atoms in total. The van der Waals surface area contributed by atoms with Gasteiger partial charge in [0, 0.05) is 17.1 Å². The first-order valence-corrected chi connectivity index (χ1v) is 5.43. The van der Waals surface area contributed by atoms with Crippen LogP contribution >= 0.6 is 0 Å². The molecule has 2 aromatic heterocycles. The minimum atomic E-state index is -0.498. The Labute approximate surface area is 102 Å². The van der Waals surface area contributed by atoms with E-state index in [0.717, 1.165) is 16.6 Å². The summed E-state index contributed by atoms with van der Waals surface area (Å²) in [5, 5.41) is 11.5. The van der Waals surface area contributed by atoms with Crippen molar-refractivity contribution in [2.45, 2.75) is 0 Å². The first kappa shape index (κ1) is 10.5. The van der Waals surface area contributed by atoms with Crippen molar-refractivity contribution in [1.82, 2.24) is 9.97 Å². The molecule has 0 atom stereocenters. The first-order valence-electron chi connectivity index (χ1n) is 5.43. The number of hydrogen-bond donors (Lipinski definition) is 1. The van der Waals surface area contributed by atoms with Gasteiger partial charge >= 0.3 is 5.82 Å². The highest BCUT2D eigenvalue weighted by Gasteiger charge is 2.12. The molecule has 0 radical (unpaired) electrons. The van der Waals surface area contributed by atoms with Crippen LogP contribution in [0.15, 0.2) is 48.5 Å². The summed E-state index contributed by atoms with van der Waals surface area (Å²) in [6, 6.07) is 14.8. The molecule has 5 heteroatoms. The van der Waals surface area contributed by atoms with Gasteiger partial charge in [-0.1, -0.05) is 30.3 Å². The van der Waals surface area contributed by atoms with E-state index in [0.29, 0.717) is 5.65 Å². The molecule has 18 heavy (non-hydrogen) atoms. The van der Waals surface area contributed by atoms with E-state index >= 15 is 0 Å². The van der Waals surface area contributed by atoms with Gasteiger partial charge in [-0.2, -0.15) is 0 Å². The molecule has 0 fully saturated rings. The van der Waals surface area contributed by atoms with Gasteiger partial charge < -0.3 is 15.1 Å². The molecule has 0 aliphatic rings. The molecule has 1 N–H and O–H groups in total. The van der Waals surface area contributed by atoms with Crippen LogP contribution in [0.25, 0.3) is 22.3 Å². The largest absolute Gasteiger partial charge is 0.365 e. The average Bonchev–Trinajstić information content (AvgIpc) is 2.82. The molecule has 0 saturated heterocycles. The summed E-state index contributed by atoms with van der Waals surface area (Å²) in [4.78, 5) is 17.2. The Morgan fingerprint density at radius 1 is 1.11 bits per heavy atom. The number of nitrogens with one attached hydrogen (secondary N) is 1. The summed E-state index contributed by atoms with van der Waals surface area (Å²) >= 11 is 0. The standard InChI is InChI=1S/C13H9N3O2/c17-16(18)12-7-6-10-8-11(14-13(10)15-12)9-4-2-1-3-5-9/h1-8H,(H,14,15). The average molecular weight is 239 g/mol. The maximum Gasteiger partial charge on any atom is 0.365 e. The third-order valence-corrected chi connectivity index (χ3v) is 2.74. The smallest absolute Gasteiger partial charge is 0.358 e. The van der Waals surface area contributed by atoms with Gasteiger partial charge in [-0.3, -0.25) is 0 Å². The van der Waals surface area contributed by atoms with E-state index in [4.69, 9.17) is 0 Å². The monoisotopic (exact) mass is 239 g/mol. The highest BCUT2D eigenvalue weighted by Crippen LogP contribution is 2.24. The summed E-state index contributed by atoms with van der Waals surface area (Å²) in [6.07, 6.45) is 0. The van der Waals surface area contributed by atoms with Crippen molar-refractivity contribution in [1.29, 1.82) is 0 Å². The van der Waals surface area contributed by atoms with E-state index < -0.39 is 4.92 Å². The van der Waals surface area contributed by atoms with Crippen molar-refractivity contribution in [2.24, 2.45) is 0 Å². The van der Waals surface area contributed by atoms with Gasteiger partial charge in [-0.05, 0) is 27.6 Å². The molecule has 0 bridgehead atoms. The highest BCUT2D eigenvalue weighted by molar-refractivity contribution is 5.83. The highest BCUT2D eigenvalue weighted by atomic mass is 16.6. The van der Waals surface area contributed by atoms with Gasteiger partial charge in [-0.25, -0.2) is 0 Å². The zero-order valence-electron chi connectivity index (χ0n) is 9.33. The fourth-order valence-corrected chi connectivity index (χ4v) is 1.87. The molecule has 0 aliphatic heterocycles. The third-order valence-electron chi connectivity index (χ3n) is 2.74. The van der Waals surface area contributed by atoms with Crippen LogP contribution in [0, 0.1) is 10.1 Å². The van der Waals surface area contributed by atoms with E-state index in [1.54, 1.807) is 6.07 Å². The van der Waals surface area contributed by atoms with Crippen LogP contribution in [-0.2, 0) is 0 Å². The Balaban J connectivity index is 2.14. The molecule has 0 spiro atoms. The molecule has 3 rings (SSSR count). The first-order chi connectivity index (χ1) is 8.74. The fraction of sp³-hybridized carbons (Fsp3) is 0. The SMILES string of the molecule is O=[N+]([O-])c1ccc2cc(-c3ccccc3)[nH]c2n1. The number of nitrogens with zero attached hydrogens (tertiary/aromatic N) is 2. The number of benzene rings is 1. The van der Waals surface area contributed by atoms with Crippen LogP contribution in [0.3, 0.4) is 0 Å². The maximum atomic E-state index is 10.7. The predicted octanol–water partition coefficient (Wildman–Crippen LogP) is 3.14. The molecule has 0 aliphatic carbocycles. The number of nitro groups is 1. The second kappa shape index (κ2) is 3.96. The maximum absolute atomic E-state index is 10.7. The Bertz CT molecular complexity index is 719. The lowest BCUT2D eigenvalue weighted by Crippen LogP contribution is -1.91. The molecule has 2 heterocycles. The lowest BCUT2D eigenvalue weighted by molar-refractivity contribution is -0.389. The van der Waals surface area contributed by atoms with E-state index in [2.05, 4.69) is 9.97 Å². The van der Waals surface area contributed by atoms with Crippen LogP contribution < -0.4 is 0 Å². The molecular formula is C13H9N3O2. The number of fused-ring (bicyclic) bond motifs is 1. The summed E-state index contributed by atoms with van der Waals surface area (Å²) in [5.74, 6) is -0.149. The molecule has 1 aromatic carbocycles. The summed E-state index contributed by atoms with van der Waals surface area (Å²) in [6.45, 7) is 0. The summed E-state index contributed by atoms with van der Waals surface area (Å²) in [7, 11) is 0. The van der Waals surface area contributed by atoms with E-state index in [1.807, 2.05) is 36.4 Å². The van der Waals surface area contributed by atoms with Gasteiger partial charge in [0.25, 0.3) is 5.65 Å². The van der Waals surface area contributed by atoms with Crippen LogP contribution in [0.5, 0.6) is 0 Å². The topological polar surface area (TPSA) is 71.8 Å². The van der Waals surface area contributed by atoms with Crippen molar-refractivity contribution < 1.29 is 4.92 Å². The van der Waals surface area contributed by atoms with Crippen molar-refractivity contribution in [3.8, 4) is 11.3 Å². The second-order valence-electron chi connectivity index (χ2n) is 3.91. The van der Waals surface area contributed by atoms with Crippen LogP contribution in [0.2, 0.25) is 0 Å². The van der Waals surface area contributed by atoms with Crippen LogP contribution in [-0.4, -0.2) is 14.9 Å². The lowest BCUT2D eigenvalue weighted by atomic mass is 10.1. The van der Waals surface area contributed by atoms with E-state index in [1.165, 1.54) is 6.07 Å². The van der Waals surface area contributed by atoms with Gasteiger partial charge in [-0.15, -0.1) is 0 Å². The fourth-order valence-electron chi connectivity index (χ4n) is 1.87. The number of aromatic nitrogens is 2. The van der Waals surface area contributed by atoms with Crippen LogP contribution in [0.4, 0.5) is 5.82 Å². The Kier molecular flexibility index (Phi) is 2.30. The van der Waals surface area contributed by atoms with Gasteiger partial charge in [0.05, 0.1) is 0 Å². The molecule has 3 aromatic rings. The van der Waals surface area contributed by atoms with E-state index in [-0.39, 0.29) is 5.82 Å². The van der Waals surface area contributed by atoms with Crippen LogP contribution in [0.1, 0.15) is 0 Å². The molecule has 0 amide bonds. The summed E-state index contributed by atoms with van der Waals surface area (Å²) < 4.78 is 0. The normalized spacial score (nSPS) is 10.7. The predicted molar refractivity (Wildman–Crippen MR) is 68.2 cm³/mol. The molecule has 88 valence electrons. The second-order valence-corrected chi connectivity index (χ2v) is 3.91. The number of hydrogen-bond acceptors (Lipinski definition) is 3. The lowest BCUT2D eigenvalue weighted by Gasteiger charge is -1.94. The van der Waals surface area contributed by atoms with Crippen molar-refractivity contribution in [3.05, 3.63) is 58.6 Å². The van der Waals surface area contributed by atoms with Gasteiger partial charge in [0.15, 0.2) is 0 Å². The molecule has 0 unspecified atom stereocenters. The van der Waals surface area contributed by atoms with Crippen molar-refractivity contribution in [2.75, 3.05) is 0 Å². The van der Waals surface area contributed by atoms with Crippen molar-refractivity contribution >= 4 is 16.9 Å². The Morgan fingerprint density at radius 3 is 2.61 bits per heavy atom.